The number of hydrogen-bond donors (Lipinski definition) is 1. The zero-order valence-electron chi connectivity index (χ0n) is 10.1. The Morgan fingerprint density at radius 1 is 1.33 bits per heavy atom. The molecule has 0 bridgehead atoms. The highest BCUT2D eigenvalue weighted by molar-refractivity contribution is 5.76. The van der Waals surface area contributed by atoms with Crippen LogP contribution in [0.5, 0.6) is 0 Å². The van der Waals surface area contributed by atoms with Gasteiger partial charge in [-0.05, 0) is 30.9 Å². The minimum atomic E-state index is -0.304. The Morgan fingerprint density at radius 3 is 2.89 bits per heavy atom. The van der Waals surface area contributed by atoms with Crippen LogP contribution < -0.4 is 11.5 Å². The summed E-state index contributed by atoms with van der Waals surface area (Å²) in [5.41, 5.74) is 7.67. The van der Waals surface area contributed by atoms with E-state index in [0.717, 1.165) is 31.6 Å². The predicted molar refractivity (Wildman–Crippen MR) is 68.4 cm³/mol. The van der Waals surface area contributed by atoms with Crippen molar-refractivity contribution in [2.45, 2.75) is 19.4 Å². The Morgan fingerprint density at radius 2 is 2.11 bits per heavy atom. The fraction of sp³-hybridized carbons (Fsp3) is 0.462. The molecule has 0 unspecified atom stereocenters. The van der Waals surface area contributed by atoms with Crippen LogP contribution in [-0.4, -0.2) is 17.8 Å². The first-order valence-corrected chi connectivity index (χ1v) is 6.20. The maximum atomic E-state index is 11.8. The first-order chi connectivity index (χ1) is 8.74. The summed E-state index contributed by atoms with van der Waals surface area (Å²) >= 11 is 0. The van der Waals surface area contributed by atoms with Crippen LogP contribution in [0.2, 0.25) is 0 Å². The van der Waals surface area contributed by atoms with Crippen molar-refractivity contribution in [3.05, 3.63) is 28.7 Å². The minimum Gasteiger partial charge on any atom is -0.408 e. The van der Waals surface area contributed by atoms with Crippen LogP contribution in [0.3, 0.4) is 0 Å². The second-order valence-electron chi connectivity index (χ2n) is 4.76. The van der Waals surface area contributed by atoms with Gasteiger partial charge in [0.25, 0.3) is 0 Å². The number of hydrogen-bond acceptors (Lipinski definition) is 4. The van der Waals surface area contributed by atoms with E-state index in [2.05, 4.69) is 0 Å². The number of nitrogen functional groups attached to an aromatic ring is 1. The summed E-state index contributed by atoms with van der Waals surface area (Å²) in [5.74, 6) is 0.178. The van der Waals surface area contributed by atoms with Crippen LogP contribution in [0.1, 0.15) is 12.8 Å². The van der Waals surface area contributed by atoms with Gasteiger partial charge < -0.3 is 14.9 Å². The van der Waals surface area contributed by atoms with Crippen molar-refractivity contribution < 1.29 is 9.15 Å². The van der Waals surface area contributed by atoms with Gasteiger partial charge in [-0.3, -0.25) is 4.57 Å². The number of ether oxygens (including phenoxy) is 1. The molecule has 2 heterocycles. The van der Waals surface area contributed by atoms with Gasteiger partial charge in [-0.2, -0.15) is 0 Å². The monoisotopic (exact) mass is 248 g/mol. The van der Waals surface area contributed by atoms with Gasteiger partial charge in [-0.15, -0.1) is 0 Å². The number of oxazole rings is 1. The molecule has 18 heavy (non-hydrogen) atoms. The van der Waals surface area contributed by atoms with Crippen LogP contribution in [0.4, 0.5) is 5.69 Å². The molecule has 1 aromatic heterocycles. The van der Waals surface area contributed by atoms with Crippen LogP contribution in [0, 0.1) is 5.92 Å². The number of fused-ring (bicyclic) bond motifs is 1. The molecule has 0 aliphatic carbocycles. The number of nitrogens with two attached hydrogens (primary N) is 1. The van der Waals surface area contributed by atoms with Gasteiger partial charge in [0.2, 0.25) is 0 Å². The smallest absolute Gasteiger partial charge is 0.408 e. The average Bonchev–Trinajstić information content (AvgIpc) is 2.66. The highest BCUT2D eigenvalue weighted by Gasteiger charge is 2.18. The van der Waals surface area contributed by atoms with Gasteiger partial charge in [0, 0.05) is 31.5 Å². The zero-order valence-corrected chi connectivity index (χ0v) is 10.1. The Kier molecular flexibility index (Phi) is 2.83. The van der Waals surface area contributed by atoms with Gasteiger partial charge in [-0.25, -0.2) is 4.79 Å². The molecule has 2 aromatic rings. The molecular formula is C13H16N2O3. The Balaban J connectivity index is 1.95. The zero-order chi connectivity index (χ0) is 12.5. The lowest BCUT2D eigenvalue weighted by molar-refractivity contribution is 0.0610. The molecule has 1 aliphatic heterocycles. The second kappa shape index (κ2) is 4.49. The van der Waals surface area contributed by atoms with E-state index in [1.807, 2.05) is 6.07 Å². The summed E-state index contributed by atoms with van der Waals surface area (Å²) in [7, 11) is 0. The Bertz CT molecular complexity index is 608. The summed E-state index contributed by atoms with van der Waals surface area (Å²) in [6.45, 7) is 2.25. The van der Waals surface area contributed by atoms with E-state index in [-0.39, 0.29) is 5.76 Å². The maximum Gasteiger partial charge on any atom is 0.419 e. The average molecular weight is 248 g/mol. The molecule has 3 rings (SSSR count). The quantitative estimate of drug-likeness (QED) is 0.819. The highest BCUT2D eigenvalue weighted by atomic mass is 16.5. The maximum absolute atomic E-state index is 11.8. The molecule has 0 atom stereocenters. The van der Waals surface area contributed by atoms with Crippen molar-refractivity contribution in [2.24, 2.45) is 5.92 Å². The summed E-state index contributed by atoms with van der Waals surface area (Å²) in [6, 6.07) is 5.32. The Hall–Kier alpha value is -1.75. The van der Waals surface area contributed by atoms with Crippen molar-refractivity contribution in [1.29, 1.82) is 0 Å². The number of aromatic nitrogens is 1. The first-order valence-electron chi connectivity index (χ1n) is 6.20. The fourth-order valence-corrected chi connectivity index (χ4v) is 2.44. The van der Waals surface area contributed by atoms with E-state index < -0.39 is 0 Å². The van der Waals surface area contributed by atoms with Gasteiger partial charge in [0.05, 0.1) is 5.52 Å². The summed E-state index contributed by atoms with van der Waals surface area (Å²) in [6.07, 6.45) is 1.99. The molecule has 0 saturated carbocycles. The topological polar surface area (TPSA) is 70.4 Å². The normalized spacial score (nSPS) is 17.3. The van der Waals surface area contributed by atoms with Crippen molar-refractivity contribution in [3.8, 4) is 0 Å². The Labute approximate surface area is 104 Å². The molecule has 1 saturated heterocycles. The third-order valence-electron chi connectivity index (χ3n) is 3.47. The molecule has 1 fully saturated rings. The van der Waals surface area contributed by atoms with Gasteiger partial charge in [0.15, 0.2) is 5.58 Å². The van der Waals surface area contributed by atoms with Crippen molar-refractivity contribution in [3.63, 3.8) is 0 Å². The fourth-order valence-electron chi connectivity index (χ4n) is 2.44. The summed E-state index contributed by atoms with van der Waals surface area (Å²) < 4.78 is 12.2. The van der Waals surface area contributed by atoms with Gasteiger partial charge in [0.1, 0.15) is 0 Å². The van der Waals surface area contributed by atoms with Crippen LogP contribution in [-0.2, 0) is 11.3 Å². The van der Waals surface area contributed by atoms with E-state index in [9.17, 15) is 4.79 Å². The second-order valence-corrected chi connectivity index (χ2v) is 4.76. The lowest BCUT2D eigenvalue weighted by Crippen LogP contribution is -2.24. The lowest BCUT2D eigenvalue weighted by Gasteiger charge is -2.21. The summed E-state index contributed by atoms with van der Waals surface area (Å²) in [5, 5.41) is 0. The third kappa shape index (κ3) is 2.01. The van der Waals surface area contributed by atoms with Crippen LogP contribution in [0.25, 0.3) is 11.1 Å². The van der Waals surface area contributed by atoms with Crippen molar-refractivity contribution in [2.75, 3.05) is 18.9 Å². The number of nitrogens with zero attached hydrogens (tertiary/aromatic N) is 1. The molecule has 1 aromatic carbocycles. The molecule has 5 heteroatoms. The molecule has 0 spiro atoms. The van der Waals surface area contributed by atoms with E-state index in [1.54, 1.807) is 16.7 Å². The van der Waals surface area contributed by atoms with E-state index in [1.165, 1.54) is 0 Å². The third-order valence-corrected chi connectivity index (χ3v) is 3.47. The molecule has 1 aliphatic rings. The largest absolute Gasteiger partial charge is 0.419 e. The SMILES string of the molecule is Nc1ccc2c(c1)oc(=O)n2CC1CCOCC1. The van der Waals surface area contributed by atoms with E-state index >= 15 is 0 Å². The molecular weight excluding hydrogens is 232 g/mol. The highest BCUT2D eigenvalue weighted by Crippen LogP contribution is 2.21. The van der Waals surface area contributed by atoms with Crippen molar-refractivity contribution >= 4 is 16.8 Å². The molecule has 2 N–H and O–H groups in total. The van der Waals surface area contributed by atoms with Gasteiger partial charge >= 0.3 is 5.76 Å². The van der Waals surface area contributed by atoms with E-state index in [4.69, 9.17) is 14.9 Å². The van der Waals surface area contributed by atoms with E-state index in [0.29, 0.717) is 23.7 Å². The molecule has 0 amide bonds. The lowest BCUT2D eigenvalue weighted by atomic mass is 10.0. The number of anilines is 1. The standard InChI is InChI=1S/C13H16N2O3/c14-10-1-2-11-12(7-10)18-13(16)15(11)8-9-3-5-17-6-4-9/h1-2,7,9H,3-6,8,14H2. The number of rotatable bonds is 2. The molecule has 5 nitrogen and oxygen atoms in total. The van der Waals surface area contributed by atoms with Crippen LogP contribution >= 0.6 is 0 Å². The molecule has 96 valence electrons. The van der Waals surface area contributed by atoms with Crippen LogP contribution in [0.15, 0.2) is 27.4 Å². The minimum absolute atomic E-state index is 0.304. The molecule has 0 radical (unpaired) electrons. The predicted octanol–water partition coefficient (Wildman–Crippen LogP) is 1.60. The summed E-state index contributed by atoms with van der Waals surface area (Å²) in [4.78, 5) is 11.8. The van der Waals surface area contributed by atoms with Gasteiger partial charge in [-0.1, -0.05) is 0 Å². The van der Waals surface area contributed by atoms with Crippen molar-refractivity contribution in [1.82, 2.24) is 4.57 Å². The number of benzene rings is 1. The first kappa shape index (κ1) is 11.3.